The van der Waals surface area contributed by atoms with E-state index >= 15 is 0 Å². The van der Waals surface area contributed by atoms with Gasteiger partial charge in [-0.15, -0.1) is 0 Å². The molecule has 0 aromatic carbocycles. The summed E-state index contributed by atoms with van der Waals surface area (Å²) in [5.74, 6) is -1.54. The fraction of sp³-hybridized carbons (Fsp3) is 0.818. The Hall–Kier alpha value is -1.10. The summed E-state index contributed by atoms with van der Waals surface area (Å²) in [4.78, 5) is 22.5. The van der Waals surface area contributed by atoms with Crippen LogP contribution >= 0.6 is 0 Å². The molecule has 0 radical (unpaired) electrons. The van der Waals surface area contributed by atoms with Gasteiger partial charge in [0, 0.05) is 0 Å². The van der Waals surface area contributed by atoms with Crippen molar-refractivity contribution < 1.29 is 14.7 Å². The van der Waals surface area contributed by atoms with Gasteiger partial charge in [-0.25, -0.2) is 4.79 Å². The molecule has 5 heteroatoms. The number of carboxylic acid groups (broad SMARTS) is 1. The lowest BCUT2D eigenvalue weighted by Crippen LogP contribution is -2.52. The maximum absolute atomic E-state index is 11.7. The highest BCUT2D eigenvalue weighted by molar-refractivity contribution is 5.87. The number of carbonyl (C=O) groups excluding carboxylic acids is 1. The Balaban J connectivity index is 4.46. The molecular formula is C11H22N2O3. The largest absolute Gasteiger partial charge is 0.480 e. The van der Waals surface area contributed by atoms with Gasteiger partial charge in [-0.05, 0) is 11.8 Å². The van der Waals surface area contributed by atoms with Crippen LogP contribution in [0.15, 0.2) is 0 Å². The summed E-state index contributed by atoms with van der Waals surface area (Å²) in [7, 11) is 0. The van der Waals surface area contributed by atoms with Crippen LogP contribution in [0.1, 0.15) is 34.1 Å². The van der Waals surface area contributed by atoms with Gasteiger partial charge in [-0.1, -0.05) is 34.1 Å². The summed E-state index contributed by atoms with van der Waals surface area (Å²) in [6.45, 7) is 7.30. The topological polar surface area (TPSA) is 92.4 Å². The summed E-state index contributed by atoms with van der Waals surface area (Å²) in [6.07, 6.45) is 0.786. The number of carboxylic acids is 1. The predicted molar refractivity (Wildman–Crippen MR) is 61.8 cm³/mol. The van der Waals surface area contributed by atoms with Crippen molar-refractivity contribution in [2.75, 3.05) is 0 Å². The molecule has 0 aliphatic carbocycles. The van der Waals surface area contributed by atoms with Gasteiger partial charge >= 0.3 is 5.97 Å². The van der Waals surface area contributed by atoms with Crippen molar-refractivity contribution in [3.05, 3.63) is 0 Å². The van der Waals surface area contributed by atoms with Crippen LogP contribution < -0.4 is 11.1 Å². The van der Waals surface area contributed by atoms with Gasteiger partial charge in [0.05, 0.1) is 6.04 Å². The van der Waals surface area contributed by atoms with Gasteiger partial charge in [0.1, 0.15) is 6.04 Å². The Bertz CT molecular complexity index is 254. The van der Waals surface area contributed by atoms with Crippen LogP contribution in [0, 0.1) is 11.8 Å². The summed E-state index contributed by atoms with van der Waals surface area (Å²) in [5, 5.41) is 11.4. The quantitative estimate of drug-likeness (QED) is 0.622. The van der Waals surface area contributed by atoms with Gasteiger partial charge in [-0.3, -0.25) is 4.79 Å². The van der Waals surface area contributed by atoms with Gasteiger partial charge < -0.3 is 16.2 Å². The maximum atomic E-state index is 11.7. The minimum absolute atomic E-state index is 0.0432. The van der Waals surface area contributed by atoms with Crippen molar-refractivity contribution in [2.24, 2.45) is 17.6 Å². The van der Waals surface area contributed by atoms with E-state index in [0.717, 1.165) is 6.42 Å². The molecule has 0 saturated carbocycles. The van der Waals surface area contributed by atoms with E-state index in [2.05, 4.69) is 5.32 Å². The second kappa shape index (κ2) is 6.48. The lowest BCUT2D eigenvalue weighted by molar-refractivity contribution is -0.143. The number of hydrogen-bond acceptors (Lipinski definition) is 3. The van der Waals surface area contributed by atoms with E-state index < -0.39 is 24.0 Å². The van der Waals surface area contributed by atoms with E-state index in [4.69, 9.17) is 10.8 Å². The van der Waals surface area contributed by atoms with Gasteiger partial charge in [0.15, 0.2) is 0 Å². The molecule has 0 spiro atoms. The molecular weight excluding hydrogens is 208 g/mol. The van der Waals surface area contributed by atoms with Crippen molar-refractivity contribution in [1.29, 1.82) is 0 Å². The molecule has 3 unspecified atom stereocenters. The van der Waals surface area contributed by atoms with Crippen LogP contribution in [0.3, 0.4) is 0 Å². The molecule has 0 bridgehead atoms. The predicted octanol–water partition coefficient (Wildman–Crippen LogP) is 0.585. The van der Waals surface area contributed by atoms with Crippen molar-refractivity contribution in [3.63, 3.8) is 0 Å². The van der Waals surface area contributed by atoms with Crippen LogP contribution in [-0.4, -0.2) is 29.1 Å². The first-order valence-corrected chi connectivity index (χ1v) is 5.60. The normalized spacial score (nSPS) is 16.6. The second-order valence-electron chi connectivity index (χ2n) is 4.48. The monoisotopic (exact) mass is 230 g/mol. The Morgan fingerprint density at radius 3 is 2.12 bits per heavy atom. The minimum Gasteiger partial charge on any atom is -0.480 e. The van der Waals surface area contributed by atoms with E-state index in [9.17, 15) is 9.59 Å². The zero-order valence-corrected chi connectivity index (χ0v) is 10.4. The van der Waals surface area contributed by atoms with Gasteiger partial charge in [-0.2, -0.15) is 0 Å². The van der Waals surface area contributed by atoms with Crippen molar-refractivity contribution in [2.45, 2.75) is 46.2 Å². The fourth-order valence-corrected chi connectivity index (χ4v) is 1.28. The van der Waals surface area contributed by atoms with Crippen LogP contribution in [0.25, 0.3) is 0 Å². The van der Waals surface area contributed by atoms with E-state index in [1.165, 1.54) is 0 Å². The Morgan fingerprint density at radius 2 is 1.81 bits per heavy atom. The molecule has 1 amide bonds. The van der Waals surface area contributed by atoms with E-state index in [1.807, 2.05) is 13.8 Å². The molecule has 0 fully saturated rings. The lowest BCUT2D eigenvalue weighted by atomic mass is 9.98. The standard InChI is InChI=1S/C11H22N2O3/c1-5-7(4)8(12)10(14)13-9(6(2)3)11(15)16/h6-9H,5,12H2,1-4H3,(H,13,14)(H,15,16). The van der Waals surface area contributed by atoms with Crippen molar-refractivity contribution in [3.8, 4) is 0 Å². The number of carbonyl (C=O) groups is 2. The number of rotatable bonds is 6. The zero-order valence-electron chi connectivity index (χ0n) is 10.4. The molecule has 5 nitrogen and oxygen atoms in total. The summed E-state index contributed by atoms with van der Waals surface area (Å²) in [5.41, 5.74) is 5.71. The first-order chi connectivity index (χ1) is 7.31. The number of hydrogen-bond donors (Lipinski definition) is 3. The second-order valence-corrected chi connectivity index (χ2v) is 4.48. The van der Waals surface area contributed by atoms with Crippen molar-refractivity contribution in [1.82, 2.24) is 5.32 Å². The summed E-state index contributed by atoms with van der Waals surface area (Å²) in [6, 6.07) is -1.52. The number of amides is 1. The molecule has 0 aromatic heterocycles. The minimum atomic E-state index is -1.03. The van der Waals surface area contributed by atoms with E-state index in [1.54, 1.807) is 13.8 Å². The molecule has 94 valence electrons. The van der Waals surface area contributed by atoms with Gasteiger partial charge in [0.25, 0.3) is 0 Å². The Morgan fingerprint density at radius 1 is 1.31 bits per heavy atom. The van der Waals surface area contributed by atoms with Gasteiger partial charge in [0.2, 0.25) is 5.91 Å². The number of nitrogens with one attached hydrogen (secondary N) is 1. The SMILES string of the molecule is CCC(C)C(N)C(=O)NC(C(=O)O)C(C)C. The molecule has 16 heavy (non-hydrogen) atoms. The highest BCUT2D eigenvalue weighted by Crippen LogP contribution is 2.07. The molecule has 0 aliphatic heterocycles. The molecule has 4 N–H and O–H groups in total. The Labute approximate surface area is 96.4 Å². The third kappa shape index (κ3) is 4.18. The third-order valence-corrected chi connectivity index (χ3v) is 2.79. The first kappa shape index (κ1) is 14.9. The Kier molecular flexibility index (Phi) is 6.03. The third-order valence-electron chi connectivity index (χ3n) is 2.79. The smallest absolute Gasteiger partial charge is 0.326 e. The molecule has 3 atom stereocenters. The zero-order chi connectivity index (χ0) is 12.9. The maximum Gasteiger partial charge on any atom is 0.326 e. The first-order valence-electron chi connectivity index (χ1n) is 5.60. The van der Waals surface area contributed by atoms with Crippen LogP contribution in [0.2, 0.25) is 0 Å². The van der Waals surface area contributed by atoms with Crippen LogP contribution in [0.4, 0.5) is 0 Å². The number of nitrogens with two attached hydrogens (primary N) is 1. The highest BCUT2D eigenvalue weighted by atomic mass is 16.4. The molecule has 0 aliphatic rings. The molecule has 0 aromatic rings. The lowest BCUT2D eigenvalue weighted by Gasteiger charge is -2.23. The molecule has 0 heterocycles. The average Bonchev–Trinajstić information content (AvgIpc) is 2.22. The van der Waals surface area contributed by atoms with Crippen molar-refractivity contribution >= 4 is 11.9 Å². The fourth-order valence-electron chi connectivity index (χ4n) is 1.28. The summed E-state index contributed by atoms with van der Waals surface area (Å²) < 4.78 is 0. The van der Waals surface area contributed by atoms with Crippen LogP contribution in [0.5, 0.6) is 0 Å². The van der Waals surface area contributed by atoms with E-state index in [-0.39, 0.29) is 11.8 Å². The summed E-state index contributed by atoms with van der Waals surface area (Å²) >= 11 is 0. The molecule has 0 rings (SSSR count). The average molecular weight is 230 g/mol. The van der Waals surface area contributed by atoms with Crippen LogP contribution in [-0.2, 0) is 9.59 Å². The van der Waals surface area contributed by atoms with E-state index in [0.29, 0.717) is 0 Å². The number of aliphatic carboxylic acids is 1. The highest BCUT2D eigenvalue weighted by Gasteiger charge is 2.27. The molecule has 0 saturated heterocycles.